The van der Waals surface area contributed by atoms with Gasteiger partial charge in [0.25, 0.3) is 5.91 Å². The van der Waals surface area contributed by atoms with E-state index in [1.807, 2.05) is 20.8 Å². The Hall–Kier alpha value is -1.85. The van der Waals surface area contributed by atoms with E-state index in [2.05, 4.69) is 15.3 Å². The molecule has 0 aliphatic rings. The van der Waals surface area contributed by atoms with Gasteiger partial charge in [-0.25, -0.2) is 9.78 Å². The maximum absolute atomic E-state index is 11.6. The molecule has 0 saturated carbocycles. The lowest BCUT2D eigenvalue weighted by atomic mass is 9.88. The zero-order chi connectivity index (χ0) is 13.1. The third-order valence-corrected chi connectivity index (χ3v) is 2.13. The number of aliphatic carboxylic acids is 1. The molecule has 1 heterocycles. The predicted octanol–water partition coefficient (Wildman–Crippen LogP) is 1.03. The average Bonchev–Trinajstić information content (AvgIpc) is 2.66. The number of nitrogens with one attached hydrogen (secondary N) is 2. The van der Waals surface area contributed by atoms with Crippen LogP contribution in [0.25, 0.3) is 0 Å². The van der Waals surface area contributed by atoms with Crippen LogP contribution in [-0.2, 0) is 4.79 Å². The summed E-state index contributed by atoms with van der Waals surface area (Å²) < 4.78 is 0. The van der Waals surface area contributed by atoms with Crippen molar-refractivity contribution in [1.82, 2.24) is 15.3 Å². The molecular weight excluding hydrogens is 222 g/mol. The van der Waals surface area contributed by atoms with Crippen molar-refractivity contribution in [2.45, 2.75) is 33.2 Å². The Bertz CT molecular complexity index is 393. The van der Waals surface area contributed by atoms with Crippen LogP contribution in [0.2, 0.25) is 0 Å². The third-order valence-electron chi connectivity index (χ3n) is 2.13. The van der Waals surface area contributed by atoms with Crippen LogP contribution in [0, 0.1) is 5.41 Å². The second-order valence-corrected chi connectivity index (χ2v) is 5.07. The first-order valence-electron chi connectivity index (χ1n) is 5.32. The fourth-order valence-corrected chi connectivity index (χ4v) is 1.43. The molecule has 1 rings (SSSR count). The summed E-state index contributed by atoms with van der Waals surface area (Å²) in [5, 5.41) is 11.5. The van der Waals surface area contributed by atoms with Gasteiger partial charge in [-0.3, -0.25) is 4.79 Å². The highest BCUT2D eigenvalue weighted by molar-refractivity contribution is 5.93. The van der Waals surface area contributed by atoms with E-state index >= 15 is 0 Å². The van der Waals surface area contributed by atoms with Crippen LogP contribution in [0.1, 0.15) is 37.8 Å². The van der Waals surface area contributed by atoms with Crippen LogP contribution in [0.3, 0.4) is 0 Å². The van der Waals surface area contributed by atoms with Crippen molar-refractivity contribution < 1.29 is 14.7 Å². The molecule has 0 bridgehead atoms. The highest BCUT2D eigenvalue weighted by atomic mass is 16.4. The number of imidazole rings is 1. The SMILES string of the molecule is CC(C)(C)CC(NC(=O)c1ncc[nH]1)C(=O)O. The van der Waals surface area contributed by atoms with E-state index in [4.69, 9.17) is 5.11 Å². The molecule has 1 unspecified atom stereocenters. The minimum atomic E-state index is -1.04. The number of carboxylic acids is 1. The monoisotopic (exact) mass is 239 g/mol. The van der Waals surface area contributed by atoms with Gasteiger partial charge in [0.15, 0.2) is 5.82 Å². The molecule has 1 aromatic rings. The number of H-pyrrole nitrogens is 1. The topological polar surface area (TPSA) is 95.1 Å². The Morgan fingerprint density at radius 1 is 1.53 bits per heavy atom. The second-order valence-electron chi connectivity index (χ2n) is 5.07. The molecule has 1 aromatic heterocycles. The number of aromatic nitrogens is 2. The Morgan fingerprint density at radius 2 is 2.18 bits per heavy atom. The molecule has 94 valence electrons. The summed E-state index contributed by atoms with van der Waals surface area (Å²) in [5.74, 6) is -1.43. The van der Waals surface area contributed by atoms with Crippen molar-refractivity contribution in [3.05, 3.63) is 18.2 Å². The molecule has 6 nitrogen and oxygen atoms in total. The van der Waals surface area contributed by atoms with Crippen molar-refractivity contribution in [2.24, 2.45) is 5.41 Å². The van der Waals surface area contributed by atoms with Gasteiger partial charge in [0.2, 0.25) is 0 Å². The summed E-state index contributed by atoms with van der Waals surface area (Å²) >= 11 is 0. The van der Waals surface area contributed by atoms with Crippen molar-refractivity contribution in [1.29, 1.82) is 0 Å². The maximum Gasteiger partial charge on any atom is 0.326 e. The van der Waals surface area contributed by atoms with Crippen molar-refractivity contribution in [3.8, 4) is 0 Å². The van der Waals surface area contributed by atoms with Crippen LogP contribution in [-0.4, -0.2) is 33.0 Å². The number of nitrogens with zero attached hydrogens (tertiary/aromatic N) is 1. The van der Waals surface area contributed by atoms with Gasteiger partial charge < -0.3 is 15.4 Å². The first-order chi connectivity index (χ1) is 7.79. The van der Waals surface area contributed by atoms with Crippen molar-refractivity contribution >= 4 is 11.9 Å². The molecule has 17 heavy (non-hydrogen) atoms. The first-order valence-corrected chi connectivity index (χ1v) is 5.32. The second kappa shape index (κ2) is 4.99. The Kier molecular flexibility index (Phi) is 3.88. The van der Waals surface area contributed by atoms with Gasteiger partial charge in [0, 0.05) is 12.4 Å². The first kappa shape index (κ1) is 13.2. The fraction of sp³-hybridized carbons (Fsp3) is 0.545. The van der Waals surface area contributed by atoms with Gasteiger partial charge in [-0.05, 0) is 11.8 Å². The molecule has 0 saturated heterocycles. The molecule has 3 N–H and O–H groups in total. The minimum absolute atomic E-state index is 0.116. The van der Waals surface area contributed by atoms with Crippen LogP contribution >= 0.6 is 0 Å². The number of amides is 1. The van der Waals surface area contributed by atoms with Gasteiger partial charge in [0.05, 0.1) is 0 Å². The van der Waals surface area contributed by atoms with Crippen LogP contribution < -0.4 is 5.32 Å². The zero-order valence-corrected chi connectivity index (χ0v) is 10.2. The summed E-state index contributed by atoms with van der Waals surface area (Å²) in [4.78, 5) is 29.1. The number of rotatable bonds is 4. The van der Waals surface area contributed by atoms with Crippen molar-refractivity contribution in [3.63, 3.8) is 0 Å². The molecule has 0 spiro atoms. The smallest absolute Gasteiger partial charge is 0.326 e. The number of hydrogen-bond acceptors (Lipinski definition) is 3. The predicted molar refractivity (Wildman–Crippen MR) is 61.5 cm³/mol. The summed E-state index contributed by atoms with van der Waals surface area (Å²) in [5.41, 5.74) is -0.181. The third kappa shape index (κ3) is 4.26. The standard InChI is InChI=1S/C11H17N3O3/c1-11(2,3)6-7(10(16)17)14-9(15)8-12-4-5-13-8/h4-5,7H,6H2,1-3H3,(H,12,13)(H,14,15)(H,16,17). The molecular formula is C11H17N3O3. The van der Waals surface area contributed by atoms with E-state index in [9.17, 15) is 9.59 Å². The summed E-state index contributed by atoms with van der Waals surface area (Å²) in [6.07, 6.45) is 3.30. The fourth-order valence-electron chi connectivity index (χ4n) is 1.43. The molecule has 0 radical (unpaired) electrons. The molecule has 0 aliphatic heterocycles. The number of carbonyl (C=O) groups is 2. The van der Waals surface area contributed by atoms with E-state index < -0.39 is 17.9 Å². The number of hydrogen-bond donors (Lipinski definition) is 3. The Labute approximate surface area is 99.4 Å². The number of carboxylic acid groups (broad SMARTS) is 1. The van der Waals surface area contributed by atoms with Crippen LogP contribution in [0.5, 0.6) is 0 Å². The summed E-state index contributed by atoms with van der Waals surface area (Å²) in [6.45, 7) is 5.76. The van der Waals surface area contributed by atoms with Gasteiger partial charge in [-0.15, -0.1) is 0 Å². The maximum atomic E-state index is 11.6. The molecule has 1 amide bonds. The molecule has 6 heteroatoms. The highest BCUT2D eigenvalue weighted by Gasteiger charge is 2.26. The summed E-state index contributed by atoms with van der Waals surface area (Å²) in [7, 11) is 0. The lowest BCUT2D eigenvalue weighted by Crippen LogP contribution is -2.43. The van der Waals surface area contributed by atoms with Gasteiger partial charge in [-0.1, -0.05) is 20.8 Å². The molecule has 0 fully saturated rings. The van der Waals surface area contributed by atoms with E-state index in [0.29, 0.717) is 6.42 Å². The number of carbonyl (C=O) groups excluding carboxylic acids is 1. The number of aromatic amines is 1. The molecule has 1 atom stereocenters. The van der Waals surface area contributed by atoms with Gasteiger partial charge >= 0.3 is 5.97 Å². The normalized spacial score (nSPS) is 13.1. The van der Waals surface area contributed by atoms with Gasteiger partial charge in [-0.2, -0.15) is 0 Å². The van der Waals surface area contributed by atoms with Crippen LogP contribution in [0.15, 0.2) is 12.4 Å². The lowest BCUT2D eigenvalue weighted by molar-refractivity contribution is -0.140. The minimum Gasteiger partial charge on any atom is -0.480 e. The van der Waals surface area contributed by atoms with E-state index in [1.54, 1.807) is 0 Å². The average molecular weight is 239 g/mol. The molecule has 0 aliphatic carbocycles. The van der Waals surface area contributed by atoms with Crippen molar-refractivity contribution in [2.75, 3.05) is 0 Å². The Balaban J connectivity index is 2.68. The lowest BCUT2D eigenvalue weighted by Gasteiger charge is -2.23. The molecule has 0 aromatic carbocycles. The van der Waals surface area contributed by atoms with Crippen LogP contribution in [0.4, 0.5) is 0 Å². The van der Waals surface area contributed by atoms with E-state index in [1.165, 1.54) is 12.4 Å². The van der Waals surface area contributed by atoms with E-state index in [-0.39, 0.29) is 11.2 Å². The quantitative estimate of drug-likeness (QED) is 0.731. The Morgan fingerprint density at radius 3 is 2.59 bits per heavy atom. The highest BCUT2D eigenvalue weighted by Crippen LogP contribution is 2.20. The van der Waals surface area contributed by atoms with Gasteiger partial charge in [0.1, 0.15) is 6.04 Å². The van der Waals surface area contributed by atoms with E-state index in [0.717, 1.165) is 0 Å². The largest absolute Gasteiger partial charge is 0.480 e. The zero-order valence-electron chi connectivity index (χ0n) is 10.2. The summed E-state index contributed by atoms with van der Waals surface area (Å²) in [6, 6.07) is -0.910.